The molecule has 1 rings (SSSR count). The Kier molecular flexibility index (Phi) is 4.68. The minimum absolute atomic E-state index is 0.0791. The lowest BCUT2D eigenvalue weighted by Crippen LogP contribution is -2.37. The quantitative estimate of drug-likeness (QED) is 0.721. The fraction of sp³-hybridized carbons (Fsp3) is 0.667. The molecule has 98 valence electrons. The van der Waals surface area contributed by atoms with Crippen molar-refractivity contribution in [3.05, 3.63) is 0 Å². The third kappa shape index (κ3) is 3.52. The van der Waals surface area contributed by atoms with Crippen LogP contribution >= 0.6 is 11.3 Å². The van der Waals surface area contributed by atoms with Gasteiger partial charge in [0.15, 0.2) is 0 Å². The van der Waals surface area contributed by atoms with Gasteiger partial charge in [-0.3, -0.25) is 0 Å². The Bertz CT molecular complexity index is 464. The number of aliphatic hydroxyl groups excluding tert-OH is 1. The van der Waals surface area contributed by atoms with E-state index in [4.69, 9.17) is 10.8 Å². The molecule has 0 unspecified atom stereocenters. The normalized spacial score (nSPS) is 12.5. The first-order chi connectivity index (χ1) is 7.87. The zero-order valence-corrected chi connectivity index (χ0v) is 10.1. The van der Waals surface area contributed by atoms with Crippen LogP contribution in [0.15, 0.2) is 4.34 Å². The van der Waals surface area contributed by atoms with Crippen LogP contribution in [0.5, 0.6) is 0 Å². The number of aromatic nitrogens is 2. The molecule has 0 aromatic carbocycles. The topological polar surface area (TPSA) is 109 Å². The molecule has 7 nitrogen and oxygen atoms in total. The van der Waals surface area contributed by atoms with E-state index in [2.05, 4.69) is 10.2 Å². The highest BCUT2D eigenvalue weighted by Crippen LogP contribution is 2.21. The first kappa shape index (κ1) is 14.2. The largest absolute Gasteiger partial charge is 0.395 e. The molecular formula is C6H10F2N4O3S2. The minimum Gasteiger partial charge on any atom is -0.395 e. The van der Waals surface area contributed by atoms with Crippen molar-refractivity contribution in [3.8, 4) is 0 Å². The summed E-state index contributed by atoms with van der Waals surface area (Å²) >= 11 is 0.575. The van der Waals surface area contributed by atoms with Gasteiger partial charge in [-0.15, -0.1) is 10.2 Å². The molecule has 0 saturated carbocycles. The fourth-order valence-corrected chi connectivity index (χ4v) is 3.34. The summed E-state index contributed by atoms with van der Waals surface area (Å²) in [6, 6.07) is 0. The van der Waals surface area contributed by atoms with Crippen LogP contribution in [0.1, 0.15) is 0 Å². The van der Waals surface area contributed by atoms with E-state index in [0.717, 1.165) is 0 Å². The molecule has 1 aromatic heterocycles. The zero-order chi connectivity index (χ0) is 13.1. The highest BCUT2D eigenvalue weighted by atomic mass is 32.2. The third-order valence-corrected chi connectivity index (χ3v) is 4.64. The second-order valence-corrected chi connectivity index (χ2v) is 6.00. The molecule has 0 spiro atoms. The van der Waals surface area contributed by atoms with Crippen LogP contribution in [0.3, 0.4) is 0 Å². The number of hydrogen-bond donors (Lipinski definition) is 2. The van der Waals surface area contributed by atoms with Crippen LogP contribution in [-0.2, 0) is 10.0 Å². The molecule has 1 heterocycles. The molecule has 3 N–H and O–H groups in total. The van der Waals surface area contributed by atoms with Crippen LogP contribution in [0.2, 0.25) is 0 Å². The summed E-state index contributed by atoms with van der Waals surface area (Å²) in [6.07, 6.45) is -2.85. The van der Waals surface area contributed by atoms with Crippen LogP contribution in [0.4, 0.5) is 13.9 Å². The Balaban J connectivity index is 2.99. The number of anilines is 1. The van der Waals surface area contributed by atoms with Crippen LogP contribution in [0, 0.1) is 0 Å². The van der Waals surface area contributed by atoms with Gasteiger partial charge in [-0.25, -0.2) is 17.2 Å². The van der Waals surface area contributed by atoms with Crippen molar-refractivity contribution >= 4 is 26.5 Å². The smallest absolute Gasteiger partial charge is 0.272 e. The first-order valence-electron chi connectivity index (χ1n) is 4.36. The maximum atomic E-state index is 12.2. The van der Waals surface area contributed by atoms with E-state index in [1.807, 2.05) is 0 Å². The molecule has 0 saturated heterocycles. The second kappa shape index (κ2) is 5.62. The molecule has 17 heavy (non-hydrogen) atoms. The zero-order valence-electron chi connectivity index (χ0n) is 8.45. The van der Waals surface area contributed by atoms with Gasteiger partial charge < -0.3 is 10.8 Å². The number of hydrogen-bond acceptors (Lipinski definition) is 7. The number of alkyl halides is 2. The number of rotatable bonds is 6. The van der Waals surface area contributed by atoms with Gasteiger partial charge >= 0.3 is 0 Å². The summed E-state index contributed by atoms with van der Waals surface area (Å²) in [7, 11) is -4.18. The van der Waals surface area contributed by atoms with E-state index in [0.29, 0.717) is 15.6 Å². The molecule has 0 fully saturated rings. The van der Waals surface area contributed by atoms with Crippen molar-refractivity contribution in [3.63, 3.8) is 0 Å². The molecule has 0 atom stereocenters. The van der Waals surface area contributed by atoms with Crippen molar-refractivity contribution in [2.45, 2.75) is 10.8 Å². The number of sulfonamides is 1. The summed E-state index contributed by atoms with van der Waals surface area (Å²) in [5.74, 6) is 0. The third-order valence-electron chi connectivity index (χ3n) is 1.67. The van der Waals surface area contributed by atoms with E-state index in [1.165, 1.54) is 0 Å². The van der Waals surface area contributed by atoms with Gasteiger partial charge in [-0.2, -0.15) is 4.31 Å². The molecule has 11 heteroatoms. The number of aliphatic hydroxyl groups is 1. The molecular weight excluding hydrogens is 278 g/mol. The number of nitrogens with zero attached hydrogens (tertiary/aromatic N) is 3. The van der Waals surface area contributed by atoms with Gasteiger partial charge in [-0.05, 0) is 0 Å². The van der Waals surface area contributed by atoms with E-state index < -0.39 is 40.5 Å². The molecule has 0 aliphatic carbocycles. The SMILES string of the molecule is Nc1nnc(S(=O)(=O)N(CCO)CC(F)F)s1. The summed E-state index contributed by atoms with van der Waals surface area (Å²) in [5, 5.41) is 15.2. The minimum atomic E-state index is -4.18. The Morgan fingerprint density at radius 2 is 2.12 bits per heavy atom. The average Bonchev–Trinajstić information content (AvgIpc) is 2.64. The molecule has 0 aliphatic rings. The van der Waals surface area contributed by atoms with Gasteiger partial charge in [0.2, 0.25) is 9.47 Å². The highest BCUT2D eigenvalue weighted by Gasteiger charge is 2.30. The summed E-state index contributed by atoms with van der Waals surface area (Å²) in [6.45, 7) is -2.02. The maximum absolute atomic E-state index is 12.2. The standard InChI is InChI=1S/C6H10F2N4O3S2/c7-4(8)3-12(1-2-13)17(14,15)6-11-10-5(9)16-6/h4,13H,1-3H2,(H2,9,10). The number of halogens is 2. The van der Waals surface area contributed by atoms with Gasteiger partial charge in [0.25, 0.3) is 16.4 Å². The van der Waals surface area contributed by atoms with Gasteiger partial charge in [-0.1, -0.05) is 11.3 Å². The Labute approximate surface area is 99.9 Å². The predicted molar refractivity (Wildman–Crippen MR) is 56.2 cm³/mol. The van der Waals surface area contributed by atoms with Gasteiger partial charge in [0.1, 0.15) is 0 Å². The van der Waals surface area contributed by atoms with Gasteiger partial charge in [0, 0.05) is 6.54 Å². The summed E-state index contributed by atoms with van der Waals surface area (Å²) in [4.78, 5) is 0. The number of nitrogens with two attached hydrogens (primary N) is 1. The van der Waals surface area contributed by atoms with Gasteiger partial charge in [0.05, 0.1) is 13.2 Å². The van der Waals surface area contributed by atoms with E-state index in [-0.39, 0.29) is 5.13 Å². The average molecular weight is 288 g/mol. The fourth-order valence-electron chi connectivity index (χ4n) is 1.01. The van der Waals surface area contributed by atoms with Crippen LogP contribution < -0.4 is 5.73 Å². The van der Waals surface area contributed by atoms with Crippen molar-refractivity contribution in [1.82, 2.24) is 14.5 Å². The second-order valence-electron chi connectivity index (χ2n) is 2.88. The monoisotopic (exact) mass is 288 g/mol. The summed E-state index contributed by atoms with van der Waals surface area (Å²) in [5.41, 5.74) is 5.22. The van der Waals surface area contributed by atoms with Crippen molar-refractivity contribution in [2.75, 3.05) is 25.4 Å². The molecule has 0 bridgehead atoms. The number of nitrogen functional groups attached to an aromatic ring is 1. The lowest BCUT2D eigenvalue weighted by atomic mass is 10.6. The maximum Gasteiger partial charge on any atom is 0.272 e. The van der Waals surface area contributed by atoms with E-state index >= 15 is 0 Å². The predicted octanol–water partition coefficient (Wildman–Crippen LogP) is -0.632. The van der Waals surface area contributed by atoms with E-state index in [1.54, 1.807) is 0 Å². The van der Waals surface area contributed by atoms with Crippen molar-refractivity contribution in [2.24, 2.45) is 0 Å². The molecule has 0 radical (unpaired) electrons. The van der Waals surface area contributed by atoms with Crippen LogP contribution in [0.25, 0.3) is 0 Å². The Morgan fingerprint density at radius 3 is 2.53 bits per heavy atom. The Hall–Kier alpha value is -0.910. The molecule has 0 amide bonds. The molecule has 0 aliphatic heterocycles. The van der Waals surface area contributed by atoms with Crippen LogP contribution in [-0.4, -0.2) is 54.1 Å². The van der Waals surface area contributed by atoms with Crippen molar-refractivity contribution in [1.29, 1.82) is 0 Å². The highest BCUT2D eigenvalue weighted by molar-refractivity contribution is 7.91. The summed E-state index contributed by atoms with van der Waals surface area (Å²) < 4.78 is 48.0. The lowest BCUT2D eigenvalue weighted by Gasteiger charge is -2.18. The first-order valence-corrected chi connectivity index (χ1v) is 6.61. The molecule has 1 aromatic rings. The lowest BCUT2D eigenvalue weighted by molar-refractivity contribution is 0.113. The van der Waals surface area contributed by atoms with Crippen molar-refractivity contribution < 1.29 is 22.3 Å². The Morgan fingerprint density at radius 1 is 1.47 bits per heavy atom. The van der Waals surface area contributed by atoms with E-state index in [9.17, 15) is 17.2 Å².